The fourth-order valence-electron chi connectivity index (χ4n) is 4.31. The van der Waals surface area contributed by atoms with E-state index in [4.69, 9.17) is 9.47 Å². The summed E-state index contributed by atoms with van der Waals surface area (Å²) in [7, 11) is -3.74. The summed E-state index contributed by atoms with van der Waals surface area (Å²) in [5.74, 6) is -1.81. The number of esters is 1. The number of carbonyl (C=O) groups is 2. The van der Waals surface area contributed by atoms with Gasteiger partial charge in [-0.1, -0.05) is 6.92 Å². The third-order valence-corrected chi connectivity index (χ3v) is 7.58. The molecule has 2 aliphatic rings. The molecule has 0 amide bonds. The standard InChI is InChI=1S/C23H24FNO6S/c1-13-10-19(26)22-20(9-8-18(24)21(13)22)31-23(27)16-4-6-17(7-5-16)32(28,29)25-11-14(2)30-15(3)12-25/h4-9,13-15H,10-12H2,1-3H3. The maximum atomic E-state index is 14.2. The molecule has 0 N–H and O–H groups in total. The Bertz CT molecular complexity index is 1170. The van der Waals surface area contributed by atoms with Gasteiger partial charge in [0.05, 0.1) is 28.2 Å². The fraction of sp³-hybridized carbons (Fsp3) is 0.391. The lowest BCUT2D eigenvalue weighted by molar-refractivity contribution is -0.0440. The Morgan fingerprint density at radius 1 is 1.06 bits per heavy atom. The largest absolute Gasteiger partial charge is 0.422 e. The van der Waals surface area contributed by atoms with E-state index < -0.39 is 21.8 Å². The van der Waals surface area contributed by atoms with E-state index in [9.17, 15) is 22.4 Å². The molecule has 2 aromatic rings. The first-order chi connectivity index (χ1) is 15.1. The van der Waals surface area contributed by atoms with Crippen LogP contribution < -0.4 is 4.74 Å². The minimum absolute atomic E-state index is 0.00809. The molecule has 1 aliphatic carbocycles. The summed E-state index contributed by atoms with van der Waals surface area (Å²) in [6.07, 6.45) is -0.275. The first-order valence-corrected chi connectivity index (χ1v) is 11.9. The van der Waals surface area contributed by atoms with Gasteiger partial charge in [-0.25, -0.2) is 17.6 Å². The molecule has 0 saturated carbocycles. The van der Waals surface area contributed by atoms with Gasteiger partial charge in [0.25, 0.3) is 0 Å². The molecule has 170 valence electrons. The average molecular weight is 462 g/mol. The number of ether oxygens (including phenoxy) is 2. The third-order valence-electron chi connectivity index (χ3n) is 5.73. The highest BCUT2D eigenvalue weighted by Gasteiger charge is 2.34. The smallest absolute Gasteiger partial charge is 0.343 e. The molecule has 1 heterocycles. The minimum atomic E-state index is -3.74. The number of halogens is 1. The molecule has 3 atom stereocenters. The van der Waals surface area contributed by atoms with Crippen LogP contribution in [0.4, 0.5) is 4.39 Å². The van der Waals surface area contributed by atoms with E-state index in [0.29, 0.717) is 0 Å². The molecule has 7 nitrogen and oxygen atoms in total. The van der Waals surface area contributed by atoms with Gasteiger partial charge in [0.2, 0.25) is 10.0 Å². The Labute approximate surface area is 186 Å². The number of morpholine rings is 1. The Kier molecular flexibility index (Phi) is 5.91. The van der Waals surface area contributed by atoms with Crippen molar-refractivity contribution in [3.8, 4) is 5.75 Å². The molecule has 0 radical (unpaired) electrons. The summed E-state index contributed by atoms with van der Waals surface area (Å²) in [6.45, 7) is 5.87. The van der Waals surface area contributed by atoms with Gasteiger partial charge in [0.1, 0.15) is 11.6 Å². The van der Waals surface area contributed by atoms with Gasteiger partial charge in [-0.15, -0.1) is 0 Å². The highest BCUT2D eigenvalue weighted by atomic mass is 32.2. The van der Waals surface area contributed by atoms with Gasteiger partial charge < -0.3 is 9.47 Å². The van der Waals surface area contributed by atoms with Crippen molar-refractivity contribution < 1.29 is 31.9 Å². The molecular weight excluding hydrogens is 437 g/mol. The second-order valence-corrected chi connectivity index (χ2v) is 10.3. The van der Waals surface area contributed by atoms with Crippen molar-refractivity contribution in [3.05, 3.63) is 58.9 Å². The van der Waals surface area contributed by atoms with Gasteiger partial charge >= 0.3 is 5.97 Å². The zero-order valence-electron chi connectivity index (χ0n) is 18.0. The summed E-state index contributed by atoms with van der Waals surface area (Å²) < 4.78 is 52.4. The topological polar surface area (TPSA) is 90.0 Å². The number of ketones is 1. The van der Waals surface area contributed by atoms with Crippen molar-refractivity contribution in [2.75, 3.05) is 13.1 Å². The second kappa shape index (κ2) is 8.38. The zero-order chi connectivity index (χ0) is 23.2. The lowest BCUT2D eigenvalue weighted by Crippen LogP contribution is -2.48. The normalized spacial score (nSPS) is 23.8. The maximum absolute atomic E-state index is 14.2. The minimum Gasteiger partial charge on any atom is -0.422 e. The second-order valence-electron chi connectivity index (χ2n) is 8.36. The molecule has 0 spiro atoms. The number of carbonyl (C=O) groups excluding carboxylic acids is 2. The molecule has 1 aliphatic heterocycles. The van der Waals surface area contributed by atoms with Crippen molar-refractivity contribution >= 4 is 21.8 Å². The van der Waals surface area contributed by atoms with Crippen LogP contribution in [0.5, 0.6) is 5.75 Å². The predicted octanol–water partition coefficient (Wildman–Crippen LogP) is 3.53. The van der Waals surface area contributed by atoms with E-state index in [1.807, 2.05) is 13.8 Å². The van der Waals surface area contributed by atoms with E-state index in [1.165, 1.54) is 40.7 Å². The van der Waals surface area contributed by atoms with E-state index in [0.717, 1.165) is 0 Å². The third kappa shape index (κ3) is 4.07. The van der Waals surface area contributed by atoms with Crippen molar-refractivity contribution in [2.24, 2.45) is 0 Å². The molecule has 32 heavy (non-hydrogen) atoms. The zero-order valence-corrected chi connectivity index (χ0v) is 18.8. The molecule has 1 fully saturated rings. The van der Waals surface area contributed by atoms with E-state index in [-0.39, 0.29) is 70.8 Å². The molecule has 9 heteroatoms. The Morgan fingerprint density at radius 2 is 1.69 bits per heavy atom. The van der Waals surface area contributed by atoms with Gasteiger partial charge in [-0.2, -0.15) is 4.31 Å². The number of nitrogens with zero attached hydrogens (tertiary/aromatic N) is 1. The van der Waals surface area contributed by atoms with Crippen molar-refractivity contribution in [1.29, 1.82) is 0 Å². The number of fused-ring (bicyclic) bond motifs is 1. The number of sulfonamides is 1. The summed E-state index contributed by atoms with van der Waals surface area (Å²) in [5.41, 5.74) is 0.473. The number of Topliss-reactive ketones (excluding diaryl/α,β-unsaturated/α-hetero) is 1. The van der Waals surface area contributed by atoms with E-state index >= 15 is 0 Å². The number of rotatable bonds is 4. The van der Waals surface area contributed by atoms with Crippen LogP contribution in [0.2, 0.25) is 0 Å². The van der Waals surface area contributed by atoms with Crippen LogP contribution in [-0.4, -0.2) is 49.8 Å². The number of benzene rings is 2. The van der Waals surface area contributed by atoms with E-state index in [1.54, 1.807) is 6.92 Å². The number of hydrogen-bond acceptors (Lipinski definition) is 6. The summed E-state index contributed by atoms with van der Waals surface area (Å²) in [6, 6.07) is 7.85. The van der Waals surface area contributed by atoms with Crippen molar-refractivity contribution in [1.82, 2.24) is 4.31 Å². The Balaban J connectivity index is 1.54. The van der Waals surface area contributed by atoms with Crippen molar-refractivity contribution in [3.63, 3.8) is 0 Å². The highest BCUT2D eigenvalue weighted by molar-refractivity contribution is 7.89. The van der Waals surface area contributed by atoms with Crippen LogP contribution in [0.3, 0.4) is 0 Å². The summed E-state index contributed by atoms with van der Waals surface area (Å²) >= 11 is 0. The molecule has 0 aromatic heterocycles. The van der Waals surface area contributed by atoms with Gasteiger partial charge in [0.15, 0.2) is 5.78 Å². The lowest BCUT2D eigenvalue weighted by Gasteiger charge is -2.34. The maximum Gasteiger partial charge on any atom is 0.343 e. The van der Waals surface area contributed by atoms with Crippen molar-refractivity contribution in [2.45, 2.75) is 50.2 Å². The molecule has 0 bridgehead atoms. The average Bonchev–Trinajstić information content (AvgIpc) is 3.04. The number of hydrogen-bond donors (Lipinski definition) is 0. The van der Waals surface area contributed by atoms with Crippen LogP contribution in [0.25, 0.3) is 0 Å². The van der Waals surface area contributed by atoms with Crippen LogP contribution in [0.15, 0.2) is 41.3 Å². The van der Waals surface area contributed by atoms with Crippen LogP contribution in [0.1, 0.15) is 59.4 Å². The van der Waals surface area contributed by atoms with E-state index in [2.05, 4.69) is 0 Å². The molecule has 1 saturated heterocycles. The molecule has 2 aromatic carbocycles. The van der Waals surface area contributed by atoms with Crippen LogP contribution in [0, 0.1) is 5.82 Å². The van der Waals surface area contributed by atoms with Gasteiger partial charge in [0, 0.05) is 25.1 Å². The molecule has 4 rings (SSSR count). The summed E-state index contributed by atoms with van der Waals surface area (Å²) in [4.78, 5) is 25.0. The first kappa shape index (κ1) is 22.6. The van der Waals surface area contributed by atoms with Crippen LogP contribution >= 0.6 is 0 Å². The molecule has 3 unspecified atom stereocenters. The highest BCUT2D eigenvalue weighted by Crippen LogP contribution is 2.40. The first-order valence-electron chi connectivity index (χ1n) is 10.4. The quantitative estimate of drug-likeness (QED) is 0.511. The van der Waals surface area contributed by atoms with Gasteiger partial charge in [-0.3, -0.25) is 4.79 Å². The monoisotopic (exact) mass is 461 g/mol. The molecular formula is C23H24FNO6S. The SMILES string of the molecule is CC1CN(S(=O)(=O)c2ccc(C(=O)Oc3ccc(F)c4c3C(=O)CC4C)cc2)CC(C)O1. The predicted molar refractivity (Wildman–Crippen MR) is 114 cm³/mol. The van der Waals surface area contributed by atoms with Crippen LogP contribution in [-0.2, 0) is 14.8 Å². The van der Waals surface area contributed by atoms with Gasteiger partial charge in [-0.05, 0) is 56.2 Å². The summed E-state index contributed by atoms with van der Waals surface area (Å²) in [5, 5.41) is 0. The Hall–Kier alpha value is -2.62. The lowest BCUT2D eigenvalue weighted by atomic mass is 10.0. The fourth-order valence-corrected chi connectivity index (χ4v) is 5.90. The Morgan fingerprint density at radius 3 is 2.31 bits per heavy atom.